The molecule has 1 amide bonds. The van der Waals surface area contributed by atoms with E-state index in [9.17, 15) is 4.79 Å². The van der Waals surface area contributed by atoms with E-state index in [-0.39, 0.29) is 5.91 Å². The van der Waals surface area contributed by atoms with Crippen molar-refractivity contribution in [2.24, 2.45) is 24.6 Å². The highest BCUT2D eigenvalue weighted by Gasteiger charge is 2.39. The molecule has 4 heteroatoms. The van der Waals surface area contributed by atoms with E-state index in [2.05, 4.69) is 0 Å². The smallest absolute Gasteiger partial charge is 0.270 e. The highest BCUT2D eigenvalue weighted by atomic mass is 16.2. The van der Waals surface area contributed by atoms with Gasteiger partial charge in [-0.3, -0.25) is 4.79 Å². The molecule has 4 nitrogen and oxygen atoms in total. The molecule has 2 heterocycles. The van der Waals surface area contributed by atoms with Crippen LogP contribution in [0.25, 0.3) is 0 Å². The van der Waals surface area contributed by atoms with Crippen molar-refractivity contribution < 1.29 is 4.79 Å². The van der Waals surface area contributed by atoms with Crippen LogP contribution in [0.5, 0.6) is 0 Å². The van der Waals surface area contributed by atoms with Crippen molar-refractivity contribution in [3.05, 3.63) is 23.5 Å². The van der Waals surface area contributed by atoms with Gasteiger partial charge in [-0.2, -0.15) is 0 Å². The van der Waals surface area contributed by atoms with Gasteiger partial charge in [0, 0.05) is 31.9 Å². The first-order valence-electron chi connectivity index (χ1n) is 7.23. The summed E-state index contributed by atoms with van der Waals surface area (Å²) < 4.78 is 1.98. The minimum Gasteiger partial charge on any atom is -0.344 e. The second kappa shape index (κ2) is 4.67. The second-order valence-electron chi connectivity index (χ2n) is 6.22. The zero-order chi connectivity index (χ0) is 13.6. The summed E-state index contributed by atoms with van der Waals surface area (Å²) in [5, 5.41) is 0. The first-order chi connectivity index (χ1) is 9.06. The molecule has 0 aromatic carbocycles. The number of nitrogens with two attached hydrogens (primary N) is 1. The number of fused-ring (bicyclic) bond motifs is 1. The number of carbonyl (C=O) groups excluding carboxylic acids is 1. The molecule has 0 radical (unpaired) electrons. The summed E-state index contributed by atoms with van der Waals surface area (Å²) in [6.07, 6.45) is 3.38. The lowest BCUT2D eigenvalue weighted by Gasteiger charge is -2.27. The summed E-state index contributed by atoms with van der Waals surface area (Å²) in [4.78, 5) is 14.6. The van der Waals surface area contributed by atoms with E-state index in [0.717, 1.165) is 37.3 Å². The molecule has 19 heavy (non-hydrogen) atoms. The van der Waals surface area contributed by atoms with Crippen molar-refractivity contribution in [1.82, 2.24) is 9.47 Å². The van der Waals surface area contributed by atoms with Crippen LogP contribution in [0.1, 0.15) is 35.4 Å². The average Bonchev–Trinajstić information content (AvgIpc) is 2.93. The molecule has 3 atom stereocenters. The van der Waals surface area contributed by atoms with E-state index in [1.165, 1.54) is 6.42 Å². The molecule has 104 valence electrons. The Morgan fingerprint density at radius 1 is 1.26 bits per heavy atom. The fourth-order valence-electron chi connectivity index (χ4n) is 3.62. The van der Waals surface area contributed by atoms with Gasteiger partial charge in [0.2, 0.25) is 0 Å². The number of hydrogen-bond donors (Lipinski definition) is 1. The minimum absolute atomic E-state index is 0.179. The van der Waals surface area contributed by atoms with Crippen LogP contribution >= 0.6 is 0 Å². The zero-order valence-electron chi connectivity index (χ0n) is 11.8. The monoisotopic (exact) mass is 261 g/mol. The molecule has 2 aliphatic rings. The number of likely N-dealkylation sites (tertiary alicyclic amines) is 1. The molecule has 0 bridgehead atoms. The maximum Gasteiger partial charge on any atom is 0.270 e. The molecular formula is C15H23N3O. The van der Waals surface area contributed by atoms with Crippen molar-refractivity contribution in [1.29, 1.82) is 0 Å². The largest absolute Gasteiger partial charge is 0.344 e. The number of nitrogens with zero attached hydrogens (tertiary/aromatic N) is 2. The first-order valence-corrected chi connectivity index (χ1v) is 7.23. The van der Waals surface area contributed by atoms with Gasteiger partial charge in [0.05, 0.1) is 0 Å². The van der Waals surface area contributed by atoms with Gasteiger partial charge < -0.3 is 15.2 Å². The first kappa shape index (κ1) is 12.7. The second-order valence-corrected chi connectivity index (χ2v) is 6.22. The standard InChI is InChI=1S/C15H23N3O/c1-10-3-6-14(17(10)2)15(19)18-8-11-4-5-13(16)7-12(11)9-18/h3,6,11-13H,4-5,7-9,16H2,1-2H3/t11-,12+,13?/m1/s1. The number of amides is 1. The molecule has 1 aromatic heterocycles. The van der Waals surface area contributed by atoms with E-state index in [4.69, 9.17) is 5.73 Å². The van der Waals surface area contributed by atoms with Crippen LogP contribution in [0, 0.1) is 18.8 Å². The van der Waals surface area contributed by atoms with E-state index in [1.807, 2.05) is 35.6 Å². The molecule has 2 fully saturated rings. The van der Waals surface area contributed by atoms with E-state index in [0.29, 0.717) is 17.9 Å². The van der Waals surface area contributed by atoms with Crippen molar-refractivity contribution >= 4 is 5.91 Å². The van der Waals surface area contributed by atoms with Crippen molar-refractivity contribution in [2.75, 3.05) is 13.1 Å². The van der Waals surface area contributed by atoms with Crippen LogP contribution < -0.4 is 5.73 Å². The average molecular weight is 261 g/mol. The zero-order valence-corrected chi connectivity index (χ0v) is 11.8. The van der Waals surface area contributed by atoms with Crippen LogP contribution in [0.15, 0.2) is 12.1 Å². The number of rotatable bonds is 1. The van der Waals surface area contributed by atoms with Crippen molar-refractivity contribution in [2.45, 2.75) is 32.2 Å². The highest BCUT2D eigenvalue weighted by molar-refractivity contribution is 5.93. The van der Waals surface area contributed by atoms with Gasteiger partial charge in [0.25, 0.3) is 5.91 Å². The summed E-state index contributed by atoms with van der Waals surface area (Å²) in [6, 6.07) is 4.28. The molecule has 2 N–H and O–H groups in total. The SMILES string of the molecule is Cc1ccc(C(=O)N2C[C@H]3CCC(N)C[C@H]3C2)n1C. The Kier molecular flexibility index (Phi) is 3.13. The van der Waals surface area contributed by atoms with Gasteiger partial charge in [-0.25, -0.2) is 0 Å². The van der Waals surface area contributed by atoms with E-state index in [1.54, 1.807) is 0 Å². The predicted molar refractivity (Wildman–Crippen MR) is 74.9 cm³/mol. The third kappa shape index (κ3) is 2.18. The summed E-state index contributed by atoms with van der Waals surface area (Å²) in [7, 11) is 1.96. The lowest BCUT2D eigenvalue weighted by atomic mass is 9.79. The quantitative estimate of drug-likeness (QED) is 0.833. The highest BCUT2D eigenvalue weighted by Crippen LogP contribution is 2.36. The number of carbonyl (C=O) groups is 1. The molecule has 3 rings (SSSR count). The summed E-state index contributed by atoms with van der Waals surface area (Å²) >= 11 is 0. The van der Waals surface area contributed by atoms with Crippen LogP contribution in [0.4, 0.5) is 0 Å². The third-order valence-electron chi connectivity index (χ3n) is 4.97. The molecule has 0 spiro atoms. The van der Waals surface area contributed by atoms with Gasteiger partial charge in [-0.15, -0.1) is 0 Å². The van der Waals surface area contributed by atoms with Crippen LogP contribution in [-0.2, 0) is 7.05 Å². The Balaban J connectivity index is 1.74. The molecule has 1 saturated carbocycles. The summed E-state index contributed by atoms with van der Waals surface area (Å²) in [5.41, 5.74) is 7.98. The summed E-state index contributed by atoms with van der Waals surface area (Å²) in [5.74, 6) is 1.47. The minimum atomic E-state index is 0.179. The van der Waals surface area contributed by atoms with E-state index < -0.39 is 0 Å². The number of aromatic nitrogens is 1. The third-order valence-corrected chi connectivity index (χ3v) is 4.97. The Morgan fingerprint density at radius 3 is 2.68 bits per heavy atom. The normalized spacial score (nSPS) is 30.5. The van der Waals surface area contributed by atoms with Crippen LogP contribution in [0.3, 0.4) is 0 Å². The molecule has 1 unspecified atom stereocenters. The number of hydrogen-bond acceptors (Lipinski definition) is 2. The fraction of sp³-hybridized carbons (Fsp3) is 0.667. The maximum atomic E-state index is 12.6. The van der Waals surface area contributed by atoms with Gasteiger partial charge in [0.15, 0.2) is 0 Å². The Hall–Kier alpha value is -1.29. The van der Waals surface area contributed by atoms with E-state index >= 15 is 0 Å². The Bertz CT molecular complexity index is 494. The van der Waals surface area contributed by atoms with Crippen LogP contribution in [0.2, 0.25) is 0 Å². The number of aryl methyl sites for hydroxylation is 1. The van der Waals surface area contributed by atoms with Crippen LogP contribution in [-0.4, -0.2) is 34.5 Å². The maximum absolute atomic E-state index is 12.6. The van der Waals surface area contributed by atoms with Gasteiger partial charge in [-0.1, -0.05) is 0 Å². The molecule has 1 saturated heterocycles. The fourth-order valence-corrected chi connectivity index (χ4v) is 3.62. The van der Waals surface area contributed by atoms with Gasteiger partial charge >= 0.3 is 0 Å². The van der Waals surface area contributed by atoms with Gasteiger partial charge in [-0.05, 0) is 50.2 Å². The molecule has 1 aliphatic carbocycles. The van der Waals surface area contributed by atoms with Crippen molar-refractivity contribution in [3.63, 3.8) is 0 Å². The lowest BCUT2D eigenvalue weighted by Crippen LogP contribution is -2.32. The Labute approximate surface area is 114 Å². The molecular weight excluding hydrogens is 238 g/mol. The van der Waals surface area contributed by atoms with Gasteiger partial charge in [0.1, 0.15) is 5.69 Å². The molecule has 1 aromatic rings. The molecule has 1 aliphatic heterocycles. The topological polar surface area (TPSA) is 51.3 Å². The van der Waals surface area contributed by atoms with Crippen molar-refractivity contribution in [3.8, 4) is 0 Å². The Morgan fingerprint density at radius 2 is 2.00 bits per heavy atom. The predicted octanol–water partition coefficient (Wildman–Crippen LogP) is 1.53. The lowest BCUT2D eigenvalue weighted by molar-refractivity contribution is 0.0774. The summed E-state index contributed by atoms with van der Waals surface area (Å²) in [6.45, 7) is 3.83.